The molecule has 3 nitrogen and oxygen atoms in total. The Labute approximate surface area is 63.9 Å². The Bertz CT molecular complexity index is 229. The summed E-state index contributed by atoms with van der Waals surface area (Å²) in [6.07, 6.45) is 5.72. The normalized spacial score (nSPS) is 10.9. The number of H-pyrrole nitrogens is 1. The second-order valence-corrected chi connectivity index (χ2v) is 2.22. The second-order valence-electron chi connectivity index (χ2n) is 1.84. The molecule has 0 bridgehead atoms. The van der Waals surface area contributed by atoms with E-state index < -0.39 is 0 Å². The van der Waals surface area contributed by atoms with Crippen LogP contribution in [0.15, 0.2) is 18.5 Å². The van der Waals surface area contributed by atoms with Crippen molar-refractivity contribution >= 4 is 11.6 Å². The number of nitrogens with zero attached hydrogens (tertiary/aromatic N) is 1. The molecule has 0 saturated heterocycles. The lowest BCUT2D eigenvalue weighted by Crippen LogP contribution is -1.81. The Balaban J connectivity index is 2.65. The number of aromatic nitrogens is 2. The molecule has 0 aliphatic carbocycles. The highest BCUT2D eigenvalue weighted by Gasteiger charge is 1.97. The summed E-state index contributed by atoms with van der Waals surface area (Å²) in [5.74, 6) is 0. The molecular formula is C6H8ClN3. The molecule has 0 radical (unpaired) electrons. The number of nitrogens with two attached hydrogens (primary N) is 1. The number of nitrogens with one attached hydrogen (secondary N) is 1. The average molecular weight is 158 g/mol. The topological polar surface area (TPSA) is 54.7 Å². The van der Waals surface area contributed by atoms with E-state index in [-0.39, 0.29) is 0 Å². The third-order valence-electron chi connectivity index (χ3n) is 1.14. The molecule has 0 aliphatic rings. The molecule has 0 aromatic carbocycles. The highest BCUT2D eigenvalue weighted by atomic mass is 35.5. The molecule has 3 N–H and O–H groups in total. The smallest absolute Gasteiger partial charge is 0.127 e. The van der Waals surface area contributed by atoms with Crippen LogP contribution in [0, 0.1) is 0 Å². The summed E-state index contributed by atoms with van der Waals surface area (Å²) < 4.78 is 0. The lowest BCUT2D eigenvalue weighted by molar-refractivity contribution is 1.09. The van der Waals surface area contributed by atoms with E-state index in [0.717, 1.165) is 12.0 Å². The fraction of sp³-hybridized carbons (Fsp3) is 0.167. The van der Waals surface area contributed by atoms with E-state index in [4.69, 9.17) is 17.3 Å². The Hall–Kier alpha value is -0.960. The minimum atomic E-state index is 0.582. The SMILES string of the molecule is NC=CCc1cn[nH]c1Cl. The number of halogens is 1. The first-order valence-electron chi connectivity index (χ1n) is 2.89. The van der Waals surface area contributed by atoms with E-state index in [1.54, 1.807) is 6.20 Å². The van der Waals surface area contributed by atoms with Crippen LogP contribution in [0.3, 0.4) is 0 Å². The van der Waals surface area contributed by atoms with Crippen molar-refractivity contribution in [1.82, 2.24) is 10.2 Å². The van der Waals surface area contributed by atoms with Gasteiger partial charge >= 0.3 is 0 Å². The minimum absolute atomic E-state index is 0.582. The van der Waals surface area contributed by atoms with Crippen LogP contribution in [-0.2, 0) is 6.42 Å². The van der Waals surface area contributed by atoms with E-state index in [2.05, 4.69) is 10.2 Å². The fourth-order valence-corrected chi connectivity index (χ4v) is 0.807. The fourth-order valence-electron chi connectivity index (χ4n) is 0.633. The molecule has 10 heavy (non-hydrogen) atoms. The summed E-state index contributed by atoms with van der Waals surface area (Å²) in [6.45, 7) is 0. The molecule has 0 unspecified atom stereocenters. The molecule has 1 aromatic rings. The van der Waals surface area contributed by atoms with Crippen molar-refractivity contribution < 1.29 is 0 Å². The van der Waals surface area contributed by atoms with Crippen LogP contribution in [0.1, 0.15) is 5.56 Å². The number of rotatable bonds is 2. The molecule has 1 rings (SSSR count). The van der Waals surface area contributed by atoms with Crippen LogP contribution in [0.25, 0.3) is 0 Å². The van der Waals surface area contributed by atoms with Gasteiger partial charge in [-0.1, -0.05) is 17.7 Å². The molecule has 0 aliphatic heterocycles. The van der Waals surface area contributed by atoms with Gasteiger partial charge in [-0.2, -0.15) is 5.10 Å². The summed E-state index contributed by atoms with van der Waals surface area (Å²) in [6, 6.07) is 0. The molecular weight excluding hydrogens is 150 g/mol. The van der Waals surface area contributed by atoms with Gasteiger partial charge in [-0.3, -0.25) is 5.10 Å². The predicted octanol–water partition coefficient (Wildman–Crippen LogP) is 1.08. The Morgan fingerprint density at radius 2 is 2.60 bits per heavy atom. The third-order valence-corrected chi connectivity index (χ3v) is 1.47. The summed E-state index contributed by atoms with van der Waals surface area (Å²) in [5.41, 5.74) is 6.10. The van der Waals surface area contributed by atoms with Gasteiger partial charge < -0.3 is 5.73 Å². The van der Waals surface area contributed by atoms with Crippen molar-refractivity contribution in [2.45, 2.75) is 6.42 Å². The molecule has 4 heteroatoms. The monoisotopic (exact) mass is 157 g/mol. The van der Waals surface area contributed by atoms with Crippen molar-refractivity contribution in [3.8, 4) is 0 Å². The van der Waals surface area contributed by atoms with Crippen LogP contribution in [0.2, 0.25) is 5.15 Å². The van der Waals surface area contributed by atoms with Crippen molar-refractivity contribution in [2.75, 3.05) is 0 Å². The number of hydrogen-bond donors (Lipinski definition) is 2. The summed E-state index contributed by atoms with van der Waals surface area (Å²) >= 11 is 5.68. The van der Waals surface area contributed by atoms with Gasteiger partial charge in [0.2, 0.25) is 0 Å². The summed E-state index contributed by atoms with van der Waals surface area (Å²) in [5, 5.41) is 6.94. The molecule has 1 heterocycles. The first-order chi connectivity index (χ1) is 4.84. The zero-order chi connectivity index (χ0) is 7.40. The first kappa shape index (κ1) is 7.15. The van der Waals surface area contributed by atoms with E-state index >= 15 is 0 Å². The van der Waals surface area contributed by atoms with Crippen molar-refractivity contribution in [2.24, 2.45) is 5.73 Å². The standard InChI is InChI=1S/C6H8ClN3/c7-6-5(2-1-3-8)4-9-10-6/h1,3-4H,2,8H2,(H,9,10). The Morgan fingerprint density at radius 1 is 1.80 bits per heavy atom. The maximum absolute atomic E-state index is 5.68. The Kier molecular flexibility index (Phi) is 2.34. The van der Waals surface area contributed by atoms with Crippen molar-refractivity contribution in [3.63, 3.8) is 0 Å². The van der Waals surface area contributed by atoms with E-state index in [1.807, 2.05) is 6.08 Å². The van der Waals surface area contributed by atoms with Gasteiger partial charge in [-0.25, -0.2) is 0 Å². The predicted molar refractivity (Wildman–Crippen MR) is 40.6 cm³/mol. The van der Waals surface area contributed by atoms with Crippen LogP contribution in [0.5, 0.6) is 0 Å². The van der Waals surface area contributed by atoms with Gasteiger partial charge in [0.1, 0.15) is 5.15 Å². The van der Waals surface area contributed by atoms with Crippen molar-refractivity contribution in [1.29, 1.82) is 0 Å². The minimum Gasteiger partial charge on any atom is -0.405 e. The third kappa shape index (κ3) is 1.51. The molecule has 0 atom stereocenters. The number of aromatic amines is 1. The molecule has 0 spiro atoms. The molecule has 0 amide bonds. The van der Waals surface area contributed by atoms with Gasteiger partial charge in [0, 0.05) is 5.56 Å². The van der Waals surface area contributed by atoms with Crippen LogP contribution >= 0.6 is 11.6 Å². The van der Waals surface area contributed by atoms with E-state index in [1.165, 1.54) is 6.20 Å². The zero-order valence-corrected chi connectivity index (χ0v) is 6.10. The quantitative estimate of drug-likeness (QED) is 0.675. The Morgan fingerprint density at radius 3 is 3.10 bits per heavy atom. The van der Waals surface area contributed by atoms with Gasteiger partial charge in [-0.05, 0) is 12.6 Å². The second kappa shape index (κ2) is 3.27. The largest absolute Gasteiger partial charge is 0.405 e. The molecule has 1 aromatic heterocycles. The lowest BCUT2D eigenvalue weighted by atomic mass is 10.2. The first-order valence-corrected chi connectivity index (χ1v) is 3.27. The van der Waals surface area contributed by atoms with Crippen LogP contribution in [0.4, 0.5) is 0 Å². The average Bonchev–Trinajstić information content (AvgIpc) is 2.31. The van der Waals surface area contributed by atoms with E-state index in [0.29, 0.717) is 5.15 Å². The van der Waals surface area contributed by atoms with Gasteiger partial charge in [0.05, 0.1) is 6.20 Å². The molecule has 54 valence electrons. The van der Waals surface area contributed by atoms with Gasteiger partial charge in [0.25, 0.3) is 0 Å². The molecule has 0 fully saturated rings. The summed E-state index contributed by atoms with van der Waals surface area (Å²) in [4.78, 5) is 0. The van der Waals surface area contributed by atoms with Crippen molar-refractivity contribution in [3.05, 3.63) is 29.2 Å². The highest BCUT2D eigenvalue weighted by Crippen LogP contribution is 2.11. The maximum Gasteiger partial charge on any atom is 0.127 e. The summed E-state index contributed by atoms with van der Waals surface area (Å²) in [7, 11) is 0. The van der Waals surface area contributed by atoms with Gasteiger partial charge in [-0.15, -0.1) is 0 Å². The number of hydrogen-bond acceptors (Lipinski definition) is 2. The van der Waals surface area contributed by atoms with Gasteiger partial charge in [0.15, 0.2) is 0 Å². The van der Waals surface area contributed by atoms with E-state index in [9.17, 15) is 0 Å². The lowest BCUT2D eigenvalue weighted by Gasteiger charge is -1.87. The maximum atomic E-state index is 5.68. The highest BCUT2D eigenvalue weighted by molar-refractivity contribution is 6.30. The van der Waals surface area contributed by atoms with Crippen LogP contribution < -0.4 is 5.73 Å². The zero-order valence-electron chi connectivity index (χ0n) is 5.34. The molecule has 0 saturated carbocycles. The van der Waals surface area contributed by atoms with Crippen LogP contribution in [-0.4, -0.2) is 10.2 Å². The number of allylic oxidation sites excluding steroid dienone is 1.